The zero-order chi connectivity index (χ0) is 22.4. The molecule has 164 valence electrons. The Kier molecular flexibility index (Phi) is 4.62. The van der Waals surface area contributed by atoms with E-state index in [0.29, 0.717) is 23.6 Å². The molecule has 0 fully saturated rings. The molecule has 1 atom stereocenters. The Bertz CT molecular complexity index is 1500. The number of carbonyl (C=O) groups is 1. The van der Waals surface area contributed by atoms with Gasteiger partial charge in [-0.05, 0) is 35.9 Å². The normalized spacial score (nSPS) is 15.2. The average Bonchev–Trinajstić information content (AvgIpc) is 3.45. The monoisotopic (exact) mass is 439 g/mol. The predicted octanol–water partition coefficient (Wildman–Crippen LogP) is 4.20. The number of pyridine rings is 1. The lowest BCUT2D eigenvalue weighted by Crippen LogP contribution is -2.36. The van der Waals surface area contributed by atoms with Gasteiger partial charge >= 0.3 is 0 Å². The summed E-state index contributed by atoms with van der Waals surface area (Å²) in [6, 6.07) is 17.3. The maximum absolute atomic E-state index is 13.4. The van der Waals surface area contributed by atoms with E-state index in [1.54, 1.807) is 18.5 Å². The molecule has 0 bridgehead atoms. The maximum atomic E-state index is 13.4. The number of nitrogens with one attached hydrogen (secondary N) is 1. The molecule has 5 aromatic rings. The lowest BCUT2D eigenvalue weighted by Gasteiger charge is -2.25. The van der Waals surface area contributed by atoms with Crippen LogP contribution in [0.5, 0.6) is 11.5 Å². The molecule has 4 heterocycles. The third-order valence-corrected chi connectivity index (χ3v) is 6.05. The highest BCUT2D eigenvalue weighted by Crippen LogP contribution is 2.35. The van der Waals surface area contributed by atoms with Crippen molar-refractivity contribution in [2.24, 2.45) is 0 Å². The van der Waals surface area contributed by atoms with Crippen molar-refractivity contribution in [1.82, 2.24) is 14.5 Å². The lowest BCUT2D eigenvalue weighted by atomic mass is 10.0. The number of aromatic nitrogens is 3. The third-order valence-electron chi connectivity index (χ3n) is 6.05. The second-order valence-electron chi connectivity index (χ2n) is 8.02. The first-order valence-corrected chi connectivity index (χ1v) is 10.8. The second kappa shape index (κ2) is 7.79. The summed E-state index contributed by atoms with van der Waals surface area (Å²) in [5.74, 6) is 1.06. The van der Waals surface area contributed by atoms with Crippen molar-refractivity contribution in [3.05, 3.63) is 78.8 Å². The van der Waals surface area contributed by atoms with Crippen molar-refractivity contribution in [3.8, 4) is 22.6 Å². The van der Waals surface area contributed by atoms with E-state index in [0.717, 1.165) is 33.1 Å². The Morgan fingerprint density at radius 2 is 2.00 bits per heavy atom. The molecule has 1 aliphatic heterocycles. The molecule has 3 aromatic heterocycles. The van der Waals surface area contributed by atoms with Gasteiger partial charge in [-0.1, -0.05) is 24.3 Å². The van der Waals surface area contributed by atoms with Crippen molar-refractivity contribution in [2.75, 3.05) is 13.2 Å². The van der Waals surface area contributed by atoms with Gasteiger partial charge in [-0.25, -0.2) is 4.98 Å². The quantitative estimate of drug-likeness (QED) is 0.401. The lowest BCUT2D eigenvalue weighted by molar-refractivity contribution is 0.0587. The summed E-state index contributed by atoms with van der Waals surface area (Å²) < 4.78 is 13.6. The van der Waals surface area contributed by atoms with Crippen LogP contribution in [0.15, 0.2) is 73.2 Å². The number of fused-ring (bicyclic) bond motifs is 3. The number of nitrogens with zero attached hydrogens (tertiary/aromatic N) is 2. The SMILES string of the molecule is O=C(c1cn(CCO)c2cc(-c3c[nH]c4ncccc34)ccc12)C1COc2ccccc2O1. The Balaban J connectivity index is 1.41. The number of ether oxygens (including phenoxy) is 2. The van der Waals surface area contributed by atoms with Gasteiger partial charge in [0.2, 0.25) is 5.78 Å². The molecular formula is C26H21N3O4. The number of aliphatic hydroxyl groups excluding tert-OH is 1. The molecule has 0 saturated carbocycles. The van der Waals surface area contributed by atoms with Gasteiger partial charge in [0.25, 0.3) is 0 Å². The van der Waals surface area contributed by atoms with E-state index in [2.05, 4.69) is 9.97 Å². The van der Waals surface area contributed by atoms with Crippen LogP contribution >= 0.6 is 0 Å². The van der Waals surface area contributed by atoms with E-state index < -0.39 is 6.10 Å². The topological polar surface area (TPSA) is 89.4 Å². The van der Waals surface area contributed by atoms with Crippen LogP contribution in [0.3, 0.4) is 0 Å². The Morgan fingerprint density at radius 1 is 1.12 bits per heavy atom. The summed E-state index contributed by atoms with van der Waals surface area (Å²) in [5, 5.41) is 11.5. The summed E-state index contributed by atoms with van der Waals surface area (Å²) in [6.45, 7) is 0.505. The molecule has 1 unspecified atom stereocenters. The summed E-state index contributed by atoms with van der Waals surface area (Å²) in [4.78, 5) is 21.0. The molecule has 2 aromatic carbocycles. The van der Waals surface area contributed by atoms with Crippen LogP contribution in [0.4, 0.5) is 0 Å². The number of carbonyl (C=O) groups excluding carboxylic acids is 1. The highest BCUT2D eigenvalue weighted by molar-refractivity contribution is 6.11. The number of rotatable bonds is 5. The molecule has 6 rings (SSSR count). The Hall–Kier alpha value is -4.10. The van der Waals surface area contributed by atoms with Crippen molar-refractivity contribution < 1.29 is 19.4 Å². The fourth-order valence-corrected chi connectivity index (χ4v) is 4.47. The molecule has 0 spiro atoms. The number of aromatic amines is 1. The van der Waals surface area contributed by atoms with Gasteiger partial charge < -0.3 is 24.1 Å². The second-order valence-corrected chi connectivity index (χ2v) is 8.02. The molecule has 0 saturated heterocycles. The highest BCUT2D eigenvalue weighted by atomic mass is 16.6. The van der Waals surface area contributed by atoms with Gasteiger partial charge in [0.05, 0.1) is 6.61 Å². The molecule has 0 amide bonds. The smallest absolute Gasteiger partial charge is 0.209 e. The summed E-state index contributed by atoms with van der Waals surface area (Å²) >= 11 is 0. The van der Waals surface area contributed by atoms with Crippen LogP contribution < -0.4 is 9.47 Å². The van der Waals surface area contributed by atoms with Crippen LogP contribution in [0, 0.1) is 0 Å². The van der Waals surface area contributed by atoms with Gasteiger partial charge in [0, 0.05) is 52.6 Å². The first kappa shape index (κ1) is 19.6. The van der Waals surface area contributed by atoms with Gasteiger partial charge in [0.15, 0.2) is 17.6 Å². The summed E-state index contributed by atoms with van der Waals surface area (Å²) in [7, 11) is 0. The van der Waals surface area contributed by atoms with Gasteiger partial charge in [-0.2, -0.15) is 0 Å². The van der Waals surface area contributed by atoms with Crippen LogP contribution in [0.2, 0.25) is 0 Å². The zero-order valence-corrected chi connectivity index (χ0v) is 17.7. The van der Waals surface area contributed by atoms with E-state index in [-0.39, 0.29) is 19.0 Å². The van der Waals surface area contributed by atoms with E-state index in [1.807, 2.05) is 59.3 Å². The first-order valence-electron chi connectivity index (χ1n) is 10.8. The van der Waals surface area contributed by atoms with Crippen molar-refractivity contribution in [1.29, 1.82) is 0 Å². The fourth-order valence-electron chi connectivity index (χ4n) is 4.47. The van der Waals surface area contributed by atoms with E-state index in [9.17, 15) is 9.90 Å². The number of H-pyrrole nitrogens is 1. The minimum atomic E-state index is -0.729. The maximum Gasteiger partial charge on any atom is 0.209 e. The van der Waals surface area contributed by atoms with Crippen molar-refractivity contribution in [3.63, 3.8) is 0 Å². The van der Waals surface area contributed by atoms with Gasteiger partial charge in [-0.3, -0.25) is 4.79 Å². The molecule has 0 aliphatic carbocycles. The highest BCUT2D eigenvalue weighted by Gasteiger charge is 2.30. The largest absolute Gasteiger partial charge is 0.485 e. The van der Waals surface area contributed by atoms with Crippen molar-refractivity contribution in [2.45, 2.75) is 12.6 Å². The standard InChI is InChI=1S/C26H21N3O4/c30-11-10-29-14-20(25(31)24-15-32-22-5-1-2-6-23(22)33-24)17-8-7-16(12-21(17)29)19-13-28-26-18(19)4-3-9-27-26/h1-9,12-14,24,30H,10-11,15H2,(H,27,28). The number of Topliss-reactive ketones (excluding diaryl/α,β-unsaturated/α-hetero) is 1. The third kappa shape index (κ3) is 3.25. The minimum Gasteiger partial charge on any atom is -0.485 e. The molecule has 7 nitrogen and oxygen atoms in total. The number of ketones is 1. The predicted molar refractivity (Wildman–Crippen MR) is 125 cm³/mol. The van der Waals surface area contributed by atoms with Gasteiger partial charge in [0.1, 0.15) is 12.3 Å². The Labute approximate surface area is 189 Å². The summed E-state index contributed by atoms with van der Waals surface area (Å²) in [6.07, 6.45) is 4.76. The number of hydrogen-bond donors (Lipinski definition) is 2. The number of hydrogen-bond acceptors (Lipinski definition) is 5. The first-order chi connectivity index (χ1) is 16.2. The van der Waals surface area contributed by atoms with E-state index in [1.165, 1.54) is 0 Å². The minimum absolute atomic E-state index is 0.0327. The molecule has 1 aliphatic rings. The number of benzene rings is 2. The molecule has 2 N–H and O–H groups in total. The Morgan fingerprint density at radius 3 is 2.88 bits per heavy atom. The molecule has 0 radical (unpaired) electrons. The number of aliphatic hydroxyl groups is 1. The van der Waals surface area contributed by atoms with E-state index >= 15 is 0 Å². The molecule has 33 heavy (non-hydrogen) atoms. The van der Waals surface area contributed by atoms with Crippen LogP contribution in [-0.2, 0) is 6.54 Å². The van der Waals surface area contributed by atoms with Crippen LogP contribution in [-0.4, -0.2) is 44.7 Å². The van der Waals surface area contributed by atoms with Crippen LogP contribution in [0.25, 0.3) is 33.1 Å². The molecule has 7 heteroatoms. The average molecular weight is 439 g/mol. The van der Waals surface area contributed by atoms with Crippen molar-refractivity contribution >= 4 is 27.7 Å². The molecular weight excluding hydrogens is 418 g/mol. The zero-order valence-electron chi connectivity index (χ0n) is 17.7. The fraction of sp³-hybridized carbons (Fsp3) is 0.154. The summed E-state index contributed by atoms with van der Waals surface area (Å²) in [5.41, 5.74) is 4.29. The van der Waals surface area contributed by atoms with Gasteiger partial charge in [-0.15, -0.1) is 0 Å². The number of para-hydroxylation sites is 2. The van der Waals surface area contributed by atoms with E-state index in [4.69, 9.17) is 9.47 Å². The van der Waals surface area contributed by atoms with Crippen LogP contribution in [0.1, 0.15) is 10.4 Å².